The van der Waals surface area contributed by atoms with Crippen molar-refractivity contribution >= 4 is 27.3 Å². The summed E-state index contributed by atoms with van der Waals surface area (Å²) >= 11 is 0. The zero-order chi connectivity index (χ0) is 20.1. The van der Waals surface area contributed by atoms with Crippen molar-refractivity contribution in [3.8, 4) is 17.2 Å². The molecule has 150 valence electrons. The van der Waals surface area contributed by atoms with E-state index in [0.717, 1.165) is 0 Å². The highest BCUT2D eigenvalue weighted by atomic mass is 32.2. The number of carbonyl (C=O) groups excluding carboxylic acids is 1. The quantitative estimate of drug-likeness (QED) is 0.758. The number of nitrogens with zero attached hydrogens (tertiary/aromatic N) is 1. The van der Waals surface area contributed by atoms with E-state index in [-0.39, 0.29) is 18.3 Å². The van der Waals surface area contributed by atoms with Gasteiger partial charge in [-0.05, 0) is 30.7 Å². The molecule has 0 spiro atoms. The largest absolute Gasteiger partial charge is 0.494 e. The van der Waals surface area contributed by atoms with E-state index >= 15 is 0 Å². The maximum atomic E-state index is 12.3. The van der Waals surface area contributed by atoms with E-state index in [1.54, 1.807) is 42.5 Å². The van der Waals surface area contributed by atoms with Crippen LogP contribution in [0.4, 0.5) is 11.4 Å². The lowest BCUT2D eigenvalue weighted by atomic mass is 10.2. The molecule has 0 saturated carbocycles. The van der Waals surface area contributed by atoms with Crippen molar-refractivity contribution in [3.63, 3.8) is 0 Å². The maximum Gasteiger partial charge on any atom is 0.262 e. The van der Waals surface area contributed by atoms with Crippen LogP contribution in [0.15, 0.2) is 42.5 Å². The number of methoxy groups -OCH3 is 2. The number of anilines is 2. The van der Waals surface area contributed by atoms with E-state index in [9.17, 15) is 13.2 Å². The Balaban J connectivity index is 1.69. The molecule has 0 unspecified atom stereocenters. The van der Waals surface area contributed by atoms with Crippen molar-refractivity contribution in [1.29, 1.82) is 0 Å². The first kappa shape index (κ1) is 19.8. The fraction of sp³-hybridized carbons (Fsp3) is 0.316. The molecule has 0 aliphatic carbocycles. The molecule has 3 rings (SSSR count). The van der Waals surface area contributed by atoms with Crippen LogP contribution in [0.5, 0.6) is 17.2 Å². The van der Waals surface area contributed by atoms with Crippen molar-refractivity contribution in [2.45, 2.75) is 6.42 Å². The van der Waals surface area contributed by atoms with Gasteiger partial charge in [0.15, 0.2) is 18.1 Å². The van der Waals surface area contributed by atoms with Gasteiger partial charge in [-0.1, -0.05) is 12.1 Å². The first-order chi connectivity index (χ1) is 13.4. The Morgan fingerprint density at radius 2 is 1.79 bits per heavy atom. The lowest BCUT2D eigenvalue weighted by molar-refractivity contribution is -0.118. The molecule has 1 fully saturated rings. The van der Waals surface area contributed by atoms with Gasteiger partial charge in [-0.25, -0.2) is 8.42 Å². The van der Waals surface area contributed by atoms with Crippen molar-refractivity contribution in [2.24, 2.45) is 0 Å². The van der Waals surface area contributed by atoms with Gasteiger partial charge in [0.1, 0.15) is 5.75 Å². The van der Waals surface area contributed by atoms with Crippen molar-refractivity contribution in [1.82, 2.24) is 0 Å². The van der Waals surface area contributed by atoms with Crippen LogP contribution in [0.2, 0.25) is 0 Å². The molecule has 0 atom stereocenters. The number of hydrogen-bond acceptors (Lipinski definition) is 6. The minimum Gasteiger partial charge on any atom is -0.494 e. The van der Waals surface area contributed by atoms with Gasteiger partial charge >= 0.3 is 0 Å². The average molecular weight is 406 g/mol. The average Bonchev–Trinajstić information content (AvgIpc) is 3.06. The van der Waals surface area contributed by atoms with Crippen LogP contribution in [0.1, 0.15) is 6.42 Å². The monoisotopic (exact) mass is 406 g/mol. The maximum absolute atomic E-state index is 12.3. The summed E-state index contributed by atoms with van der Waals surface area (Å²) in [6.45, 7) is 0.218. The minimum absolute atomic E-state index is 0.133. The number of nitrogens with one attached hydrogen (secondary N) is 1. The van der Waals surface area contributed by atoms with E-state index in [1.165, 1.54) is 18.5 Å². The number of benzene rings is 2. The molecular weight excluding hydrogens is 384 g/mol. The molecule has 1 aliphatic rings. The number of hydrogen-bond donors (Lipinski definition) is 1. The number of sulfonamides is 1. The van der Waals surface area contributed by atoms with Crippen LogP contribution < -0.4 is 23.8 Å². The van der Waals surface area contributed by atoms with E-state index in [4.69, 9.17) is 14.2 Å². The van der Waals surface area contributed by atoms with E-state index in [0.29, 0.717) is 41.6 Å². The third kappa shape index (κ3) is 4.30. The number of rotatable bonds is 7. The number of ether oxygens (including phenoxy) is 3. The zero-order valence-electron chi connectivity index (χ0n) is 15.7. The predicted octanol–water partition coefficient (Wildman–Crippen LogP) is 2.26. The third-order valence-electron chi connectivity index (χ3n) is 4.27. The fourth-order valence-corrected chi connectivity index (χ4v) is 4.49. The molecule has 0 aromatic heterocycles. The molecule has 8 nitrogen and oxygen atoms in total. The van der Waals surface area contributed by atoms with Crippen LogP contribution in [0.25, 0.3) is 0 Å². The second-order valence-electron chi connectivity index (χ2n) is 6.11. The smallest absolute Gasteiger partial charge is 0.262 e. The van der Waals surface area contributed by atoms with Gasteiger partial charge < -0.3 is 19.5 Å². The predicted molar refractivity (Wildman–Crippen MR) is 106 cm³/mol. The summed E-state index contributed by atoms with van der Waals surface area (Å²) in [5, 5.41) is 2.71. The summed E-state index contributed by atoms with van der Waals surface area (Å²) in [7, 11) is -0.308. The number of para-hydroxylation sites is 2. The Labute approximate surface area is 164 Å². The summed E-state index contributed by atoms with van der Waals surface area (Å²) in [5.41, 5.74) is 0.939. The van der Waals surface area contributed by atoms with Crippen molar-refractivity contribution in [2.75, 3.05) is 42.7 Å². The first-order valence-electron chi connectivity index (χ1n) is 8.69. The molecule has 2 aromatic carbocycles. The van der Waals surface area contributed by atoms with Crippen molar-refractivity contribution in [3.05, 3.63) is 42.5 Å². The van der Waals surface area contributed by atoms with Gasteiger partial charge in [-0.2, -0.15) is 0 Å². The Bertz CT molecular complexity index is 961. The van der Waals surface area contributed by atoms with Gasteiger partial charge in [0.25, 0.3) is 5.91 Å². The molecule has 1 heterocycles. The van der Waals surface area contributed by atoms with E-state index < -0.39 is 10.0 Å². The van der Waals surface area contributed by atoms with Gasteiger partial charge in [0, 0.05) is 12.6 Å². The fourth-order valence-electron chi connectivity index (χ4n) is 2.94. The Hall–Kier alpha value is -2.94. The first-order valence-corrected chi connectivity index (χ1v) is 10.3. The molecule has 9 heteroatoms. The Morgan fingerprint density at radius 3 is 2.43 bits per heavy atom. The summed E-state index contributed by atoms with van der Waals surface area (Å²) in [4.78, 5) is 12.3. The molecule has 1 aliphatic heterocycles. The van der Waals surface area contributed by atoms with Gasteiger partial charge in [-0.15, -0.1) is 0 Å². The van der Waals surface area contributed by atoms with Crippen LogP contribution >= 0.6 is 0 Å². The summed E-state index contributed by atoms with van der Waals surface area (Å²) in [6, 6.07) is 11.9. The second-order valence-corrected chi connectivity index (χ2v) is 8.13. The van der Waals surface area contributed by atoms with Crippen LogP contribution in [0.3, 0.4) is 0 Å². The molecule has 0 radical (unpaired) electrons. The van der Waals surface area contributed by atoms with Crippen molar-refractivity contribution < 1.29 is 27.4 Å². The minimum atomic E-state index is -3.29. The second kappa shape index (κ2) is 8.39. The topological polar surface area (TPSA) is 94.2 Å². The number of amides is 1. The summed E-state index contributed by atoms with van der Waals surface area (Å²) < 4.78 is 41.5. The molecule has 1 saturated heterocycles. The normalized spacial score (nSPS) is 15.1. The van der Waals surface area contributed by atoms with Gasteiger partial charge in [0.05, 0.1) is 31.3 Å². The third-order valence-corrected chi connectivity index (χ3v) is 6.14. The van der Waals surface area contributed by atoms with Crippen LogP contribution in [0, 0.1) is 0 Å². The lowest BCUT2D eigenvalue weighted by Crippen LogP contribution is -2.25. The van der Waals surface area contributed by atoms with Crippen LogP contribution in [-0.4, -0.2) is 47.4 Å². The summed E-state index contributed by atoms with van der Waals surface area (Å²) in [6.07, 6.45) is 0.587. The van der Waals surface area contributed by atoms with Crippen LogP contribution in [-0.2, 0) is 14.8 Å². The highest BCUT2D eigenvalue weighted by Crippen LogP contribution is 2.33. The van der Waals surface area contributed by atoms with Gasteiger partial charge in [-0.3, -0.25) is 9.10 Å². The molecular formula is C19H22N2O6S. The number of carbonyl (C=O) groups is 1. The molecule has 0 bridgehead atoms. The standard InChI is InChI=1S/C19H22N2O6S/c1-25-16-6-3-4-7-17(16)27-13-19(22)20-15-9-8-14(12-18(15)26-2)21-10-5-11-28(21,23)24/h3-4,6-9,12H,5,10-11,13H2,1-2H3,(H,20,22). The molecule has 28 heavy (non-hydrogen) atoms. The highest BCUT2D eigenvalue weighted by Gasteiger charge is 2.29. The van der Waals surface area contributed by atoms with Gasteiger partial charge in [0.2, 0.25) is 10.0 Å². The SMILES string of the molecule is COc1cc(N2CCCS2(=O)=O)ccc1NC(=O)COc1ccccc1OC. The lowest BCUT2D eigenvalue weighted by Gasteiger charge is -2.19. The molecule has 1 N–H and O–H groups in total. The Kier molecular flexibility index (Phi) is 5.93. The molecule has 2 aromatic rings. The highest BCUT2D eigenvalue weighted by molar-refractivity contribution is 7.93. The zero-order valence-corrected chi connectivity index (χ0v) is 16.5. The van der Waals surface area contributed by atoms with E-state index in [1.807, 2.05) is 0 Å². The molecule has 1 amide bonds. The Morgan fingerprint density at radius 1 is 1.07 bits per heavy atom. The van der Waals surface area contributed by atoms with E-state index in [2.05, 4.69) is 5.32 Å². The summed E-state index contributed by atoms with van der Waals surface area (Å²) in [5.74, 6) is 1.11.